The van der Waals surface area contributed by atoms with Crippen molar-refractivity contribution < 1.29 is 9.53 Å². The van der Waals surface area contributed by atoms with Gasteiger partial charge in [-0.1, -0.05) is 30.0 Å². The number of rotatable bonds is 2. The normalized spacial score (nSPS) is 14.8. The third kappa shape index (κ3) is 4.03. The first-order valence-corrected chi connectivity index (χ1v) is 7.21. The molecule has 0 bridgehead atoms. The van der Waals surface area contributed by atoms with Crippen LogP contribution >= 0.6 is 11.8 Å². The highest BCUT2D eigenvalue weighted by Crippen LogP contribution is 2.32. The Labute approximate surface area is 118 Å². The summed E-state index contributed by atoms with van der Waals surface area (Å²) in [6, 6.07) is 8.11. The Kier molecular flexibility index (Phi) is 4.20. The molecule has 0 N–H and O–H groups in total. The SMILES string of the molecule is CC(C)(C)OC(=O)CN1CC=CSc2ccccc21. The number of benzene rings is 1. The van der Waals surface area contributed by atoms with E-state index in [1.165, 1.54) is 4.90 Å². The molecule has 1 aromatic carbocycles. The van der Waals surface area contributed by atoms with Crippen molar-refractivity contribution in [3.8, 4) is 0 Å². The van der Waals surface area contributed by atoms with Crippen molar-refractivity contribution in [2.75, 3.05) is 18.0 Å². The standard InChI is InChI=1S/C15H19NO2S/c1-15(2,3)18-14(17)11-16-9-6-10-19-13-8-5-4-7-12(13)16/h4-8,10H,9,11H2,1-3H3. The first-order chi connectivity index (χ1) is 8.96. The number of para-hydroxylation sites is 1. The van der Waals surface area contributed by atoms with Gasteiger partial charge in [-0.15, -0.1) is 0 Å². The molecule has 0 aliphatic carbocycles. The van der Waals surface area contributed by atoms with Crippen molar-refractivity contribution in [1.82, 2.24) is 0 Å². The average molecular weight is 277 g/mol. The van der Waals surface area contributed by atoms with Gasteiger partial charge in [-0.25, -0.2) is 0 Å². The van der Waals surface area contributed by atoms with Crippen molar-refractivity contribution in [2.45, 2.75) is 31.3 Å². The minimum absolute atomic E-state index is 0.192. The summed E-state index contributed by atoms with van der Waals surface area (Å²) in [5.74, 6) is -0.192. The lowest BCUT2D eigenvalue weighted by Gasteiger charge is -2.26. The maximum atomic E-state index is 12.0. The van der Waals surface area contributed by atoms with E-state index in [-0.39, 0.29) is 12.5 Å². The van der Waals surface area contributed by atoms with E-state index >= 15 is 0 Å². The second-order valence-electron chi connectivity index (χ2n) is 5.42. The topological polar surface area (TPSA) is 29.5 Å². The number of esters is 1. The third-order valence-electron chi connectivity index (χ3n) is 2.56. The molecule has 0 saturated carbocycles. The molecule has 0 unspecified atom stereocenters. The van der Waals surface area contributed by atoms with Gasteiger partial charge in [-0.3, -0.25) is 4.79 Å². The van der Waals surface area contributed by atoms with E-state index in [4.69, 9.17) is 4.74 Å². The molecule has 1 aliphatic rings. The Morgan fingerprint density at radius 2 is 2.11 bits per heavy atom. The van der Waals surface area contributed by atoms with Gasteiger partial charge in [0.1, 0.15) is 12.1 Å². The minimum Gasteiger partial charge on any atom is -0.459 e. The van der Waals surface area contributed by atoms with Gasteiger partial charge in [0.25, 0.3) is 0 Å². The maximum Gasteiger partial charge on any atom is 0.326 e. The highest BCUT2D eigenvalue weighted by atomic mass is 32.2. The van der Waals surface area contributed by atoms with Crippen LogP contribution in [0, 0.1) is 0 Å². The van der Waals surface area contributed by atoms with E-state index in [9.17, 15) is 4.79 Å². The van der Waals surface area contributed by atoms with Gasteiger partial charge in [-0.05, 0) is 38.3 Å². The van der Waals surface area contributed by atoms with E-state index in [1.54, 1.807) is 11.8 Å². The van der Waals surface area contributed by atoms with Crippen LogP contribution in [0.25, 0.3) is 0 Å². The number of carbonyl (C=O) groups is 1. The van der Waals surface area contributed by atoms with Crippen molar-refractivity contribution in [2.24, 2.45) is 0 Å². The van der Waals surface area contributed by atoms with E-state index < -0.39 is 5.60 Å². The van der Waals surface area contributed by atoms with Crippen LogP contribution in [0.4, 0.5) is 5.69 Å². The van der Waals surface area contributed by atoms with Gasteiger partial charge in [-0.2, -0.15) is 0 Å². The van der Waals surface area contributed by atoms with Crippen LogP contribution in [0.3, 0.4) is 0 Å². The average Bonchev–Trinajstić information content (AvgIpc) is 2.50. The molecule has 1 aliphatic heterocycles. The first kappa shape index (κ1) is 14.0. The molecule has 0 radical (unpaired) electrons. The molecule has 102 valence electrons. The lowest BCUT2D eigenvalue weighted by Crippen LogP contribution is -2.35. The van der Waals surface area contributed by atoms with Crippen molar-refractivity contribution in [3.63, 3.8) is 0 Å². The molecule has 1 aromatic rings. The molecule has 0 fully saturated rings. The minimum atomic E-state index is -0.437. The fourth-order valence-electron chi connectivity index (χ4n) is 1.89. The van der Waals surface area contributed by atoms with Crippen LogP contribution in [0.2, 0.25) is 0 Å². The summed E-state index contributed by atoms with van der Waals surface area (Å²) in [6.45, 7) is 6.66. The van der Waals surface area contributed by atoms with Crippen LogP contribution in [0.5, 0.6) is 0 Å². The lowest BCUT2D eigenvalue weighted by molar-refractivity contribution is -0.152. The summed E-state index contributed by atoms with van der Waals surface area (Å²) in [6.07, 6.45) is 2.06. The second kappa shape index (κ2) is 5.70. The van der Waals surface area contributed by atoms with Crippen LogP contribution in [-0.2, 0) is 9.53 Å². The van der Waals surface area contributed by atoms with Gasteiger partial charge in [0.15, 0.2) is 0 Å². The number of carbonyl (C=O) groups excluding carboxylic acids is 1. The summed E-state index contributed by atoms with van der Waals surface area (Å²) in [4.78, 5) is 15.2. The number of anilines is 1. The fraction of sp³-hybridized carbons (Fsp3) is 0.400. The molecule has 19 heavy (non-hydrogen) atoms. The Morgan fingerprint density at radius 1 is 1.37 bits per heavy atom. The first-order valence-electron chi connectivity index (χ1n) is 6.33. The van der Waals surface area contributed by atoms with Crippen molar-refractivity contribution >= 4 is 23.4 Å². The Morgan fingerprint density at radius 3 is 2.84 bits per heavy atom. The van der Waals surface area contributed by atoms with E-state index in [0.29, 0.717) is 0 Å². The maximum absolute atomic E-state index is 12.0. The summed E-state index contributed by atoms with van der Waals surface area (Å²) < 4.78 is 5.38. The number of thioether (sulfide) groups is 1. The Bertz CT molecular complexity index is 491. The number of hydrogen-bond acceptors (Lipinski definition) is 4. The predicted octanol–water partition coefficient (Wildman–Crippen LogP) is 3.45. The zero-order chi connectivity index (χ0) is 13.9. The molecule has 0 spiro atoms. The smallest absolute Gasteiger partial charge is 0.326 e. The molecule has 3 nitrogen and oxygen atoms in total. The molecule has 0 amide bonds. The molecule has 0 atom stereocenters. The van der Waals surface area contributed by atoms with Crippen molar-refractivity contribution in [1.29, 1.82) is 0 Å². The van der Waals surface area contributed by atoms with Gasteiger partial charge in [0.2, 0.25) is 0 Å². The molecular formula is C15H19NO2S. The van der Waals surface area contributed by atoms with Gasteiger partial charge < -0.3 is 9.64 Å². The number of hydrogen-bond donors (Lipinski definition) is 0. The molecule has 1 heterocycles. The van der Waals surface area contributed by atoms with Crippen LogP contribution in [-0.4, -0.2) is 24.7 Å². The lowest BCUT2D eigenvalue weighted by atomic mass is 10.2. The summed E-state index contributed by atoms with van der Waals surface area (Å²) in [5.41, 5.74) is 0.649. The molecular weight excluding hydrogens is 258 g/mol. The largest absolute Gasteiger partial charge is 0.459 e. The Balaban J connectivity index is 2.12. The van der Waals surface area contributed by atoms with Crippen LogP contribution in [0.15, 0.2) is 40.6 Å². The fourth-order valence-corrected chi connectivity index (χ4v) is 2.69. The third-order valence-corrected chi connectivity index (χ3v) is 3.49. The van der Waals surface area contributed by atoms with Gasteiger partial charge in [0.05, 0.1) is 5.69 Å². The molecule has 0 saturated heterocycles. The summed E-state index contributed by atoms with van der Waals surface area (Å²) in [7, 11) is 0. The highest BCUT2D eigenvalue weighted by Gasteiger charge is 2.20. The Hall–Kier alpha value is -1.42. The van der Waals surface area contributed by atoms with E-state index in [2.05, 4.69) is 17.6 Å². The summed E-state index contributed by atoms with van der Waals surface area (Å²) in [5, 5.41) is 2.06. The van der Waals surface area contributed by atoms with Gasteiger partial charge in [0, 0.05) is 11.4 Å². The highest BCUT2D eigenvalue weighted by molar-refractivity contribution is 8.02. The van der Waals surface area contributed by atoms with Crippen LogP contribution < -0.4 is 4.90 Å². The monoisotopic (exact) mass is 277 g/mol. The molecule has 4 heteroatoms. The van der Waals surface area contributed by atoms with Crippen LogP contribution in [0.1, 0.15) is 20.8 Å². The number of nitrogens with zero attached hydrogens (tertiary/aromatic N) is 1. The molecule has 0 aromatic heterocycles. The van der Waals surface area contributed by atoms with E-state index in [1.807, 2.05) is 43.9 Å². The number of fused-ring (bicyclic) bond motifs is 1. The molecule has 2 rings (SSSR count). The predicted molar refractivity (Wildman–Crippen MR) is 79.5 cm³/mol. The summed E-state index contributed by atoms with van der Waals surface area (Å²) >= 11 is 1.68. The zero-order valence-electron chi connectivity index (χ0n) is 11.6. The quantitative estimate of drug-likeness (QED) is 0.774. The number of ether oxygens (including phenoxy) is 1. The second-order valence-corrected chi connectivity index (χ2v) is 6.37. The van der Waals surface area contributed by atoms with E-state index in [0.717, 1.165) is 12.2 Å². The van der Waals surface area contributed by atoms with Crippen molar-refractivity contribution in [3.05, 3.63) is 35.7 Å². The van der Waals surface area contributed by atoms with Gasteiger partial charge >= 0.3 is 5.97 Å². The zero-order valence-corrected chi connectivity index (χ0v) is 12.4.